The average Bonchev–Trinajstić information content (AvgIpc) is 2.00. The fourth-order valence-electron chi connectivity index (χ4n) is 0.352. The Morgan fingerprint density at radius 3 is 2.30 bits per heavy atom. The Morgan fingerprint density at radius 1 is 1.50 bits per heavy atom. The molecular weight excluding hydrogens is 130 g/mol. The minimum atomic E-state index is -0.662. The van der Waals surface area contributed by atoms with Gasteiger partial charge in [-0.05, 0) is 0 Å². The lowest BCUT2D eigenvalue weighted by molar-refractivity contribution is -0.135. The number of Topliss-reactive ketones (excluding diaryl/α,β-unsaturated/α-hetero) is 1. The molecule has 0 radical (unpaired) electrons. The summed E-state index contributed by atoms with van der Waals surface area (Å²) in [6, 6.07) is 0. The van der Waals surface area contributed by atoms with E-state index in [0.717, 1.165) is 0 Å². The molecule has 0 bridgehead atoms. The first kappa shape index (κ1) is 8.62. The third-order valence-electron chi connectivity index (χ3n) is 0.971. The Hall–Kier alpha value is -1.38. The van der Waals surface area contributed by atoms with Gasteiger partial charge in [-0.15, -0.1) is 0 Å². The van der Waals surface area contributed by atoms with E-state index in [2.05, 4.69) is 18.5 Å². The Balaban J connectivity index is 4.22. The Labute approximate surface area is 59.4 Å². The first-order valence-corrected chi connectivity index (χ1v) is 2.71. The first-order valence-electron chi connectivity index (χ1n) is 2.71. The number of carbonyl (C=O) groups is 2. The molecule has 0 unspecified atom stereocenters. The standard InChI is InChI=1S/C7H9NO2/c1-4-5(2)6(9)7(10)8-3/h4H,1-2H2,3H3,(H,8,10). The van der Waals surface area contributed by atoms with Crippen LogP contribution in [0.15, 0.2) is 24.8 Å². The summed E-state index contributed by atoms with van der Waals surface area (Å²) in [7, 11) is 1.39. The van der Waals surface area contributed by atoms with Gasteiger partial charge in [0, 0.05) is 12.6 Å². The maximum Gasteiger partial charge on any atom is 0.292 e. The van der Waals surface area contributed by atoms with E-state index in [1.807, 2.05) is 0 Å². The van der Waals surface area contributed by atoms with Crippen LogP contribution >= 0.6 is 0 Å². The second-order valence-corrected chi connectivity index (χ2v) is 1.64. The van der Waals surface area contributed by atoms with Crippen molar-refractivity contribution < 1.29 is 9.59 Å². The van der Waals surface area contributed by atoms with Crippen LogP contribution in [0.5, 0.6) is 0 Å². The van der Waals surface area contributed by atoms with Crippen molar-refractivity contribution in [2.75, 3.05) is 7.05 Å². The second kappa shape index (κ2) is 3.61. The van der Waals surface area contributed by atoms with Crippen LogP contribution in [-0.2, 0) is 9.59 Å². The van der Waals surface area contributed by atoms with Gasteiger partial charge in [0.25, 0.3) is 5.91 Å². The number of nitrogens with one attached hydrogen (secondary N) is 1. The highest BCUT2D eigenvalue weighted by molar-refractivity contribution is 6.43. The summed E-state index contributed by atoms with van der Waals surface area (Å²) in [6.07, 6.45) is 1.25. The van der Waals surface area contributed by atoms with Crippen LogP contribution in [0.3, 0.4) is 0 Å². The fraction of sp³-hybridized carbons (Fsp3) is 0.143. The number of carbonyl (C=O) groups excluding carboxylic acids is 2. The molecule has 0 rings (SSSR count). The molecule has 1 amide bonds. The van der Waals surface area contributed by atoms with Gasteiger partial charge in [-0.25, -0.2) is 0 Å². The van der Waals surface area contributed by atoms with Crippen molar-refractivity contribution in [3.63, 3.8) is 0 Å². The summed E-state index contributed by atoms with van der Waals surface area (Å²) in [5.74, 6) is -1.30. The molecule has 10 heavy (non-hydrogen) atoms. The molecular formula is C7H9NO2. The zero-order chi connectivity index (χ0) is 8.15. The summed E-state index contributed by atoms with van der Waals surface area (Å²) in [4.78, 5) is 21.3. The van der Waals surface area contributed by atoms with Crippen molar-refractivity contribution in [1.29, 1.82) is 0 Å². The number of rotatable bonds is 3. The summed E-state index contributed by atoms with van der Waals surface area (Å²) in [5, 5.41) is 2.18. The van der Waals surface area contributed by atoms with Gasteiger partial charge in [0.1, 0.15) is 0 Å². The first-order chi connectivity index (χ1) is 4.63. The molecule has 0 aliphatic carbocycles. The largest absolute Gasteiger partial charge is 0.352 e. The molecule has 3 nitrogen and oxygen atoms in total. The molecule has 0 heterocycles. The number of allylic oxidation sites excluding steroid dienone is 1. The van der Waals surface area contributed by atoms with Gasteiger partial charge < -0.3 is 5.32 Å². The minimum Gasteiger partial charge on any atom is -0.352 e. The van der Waals surface area contributed by atoms with Crippen molar-refractivity contribution in [2.45, 2.75) is 0 Å². The summed E-state index contributed by atoms with van der Waals surface area (Å²) >= 11 is 0. The molecule has 0 fully saturated rings. The molecule has 0 spiro atoms. The van der Waals surface area contributed by atoms with Gasteiger partial charge >= 0.3 is 0 Å². The maximum absolute atomic E-state index is 10.7. The van der Waals surface area contributed by atoms with E-state index in [1.165, 1.54) is 13.1 Å². The van der Waals surface area contributed by atoms with Gasteiger partial charge in [0.15, 0.2) is 0 Å². The van der Waals surface area contributed by atoms with Gasteiger partial charge in [-0.3, -0.25) is 9.59 Å². The third-order valence-corrected chi connectivity index (χ3v) is 0.971. The lowest BCUT2D eigenvalue weighted by Gasteiger charge is -1.95. The quantitative estimate of drug-likeness (QED) is 0.341. The van der Waals surface area contributed by atoms with E-state index in [0.29, 0.717) is 0 Å². The molecule has 0 aliphatic heterocycles. The van der Waals surface area contributed by atoms with Gasteiger partial charge in [-0.2, -0.15) is 0 Å². The van der Waals surface area contributed by atoms with Crippen LogP contribution in [0.25, 0.3) is 0 Å². The summed E-state index contributed by atoms with van der Waals surface area (Å²) < 4.78 is 0. The predicted octanol–water partition coefficient (Wildman–Crippen LogP) is 0.0437. The number of ketones is 1. The molecule has 54 valence electrons. The minimum absolute atomic E-state index is 0.111. The predicted molar refractivity (Wildman–Crippen MR) is 38.4 cm³/mol. The SMILES string of the molecule is C=CC(=C)C(=O)C(=O)NC. The highest BCUT2D eigenvalue weighted by Gasteiger charge is 2.11. The van der Waals surface area contributed by atoms with Crippen molar-refractivity contribution in [3.05, 3.63) is 24.8 Å². The van der Waals surface area contributed by atoms with Crippen LogP contribution < -0.4 is 5.32 Å². The Morgan fingerprint density at radius 2 is 2.00 bits per heavy atom. The van der Waals surface area contributed by atoms with Crippen molar-refractivity contribution in [1.82, 2.24) is 5.32 Å². The lowest BCUT2D eigenvalue weighted by atomic mass is 10.2. The molecule has 0 aromatic rings. The summed E-state index contributed by atoms with van der Waals surface area (Å²) in [5.41, 5.74) is 0.111. The number of hydrogen-bond acceptors (Lipinski definition) is 2. The van der Waals surface area contributed by atoms with Gasteiger partial charge in [0.2, 0.25) is 5.78 Å². The third kappa shape index (κ3) is 1.85. The zero-order valence-corrected chi connectivity index (χ0v) is 5.81. The van der Waals surface area contributed by atoms with E-state index in [-0.39, 0.29) is 5.57 Å². The van der Waals surface area contributed by atoms with Crippen molar-refractivity contribution >= 4 is 11.7 Å². The highest BCUT2D eigenvalue weighted by atomic mass is 16.2. The van der Waals surface area contributed by atoms with Crippen LogP contribution in [0.4, 0.5) is 0 Å². The van der Waals surface area contributed by atoms with E-state index >= 15 is 0 Å². The molecule has 0 saturated heterocycles. The topological polar surface area (TPSA) is 46.2 Å². The van der Waals surface area contributed by atoms with Crippen molar-refractivity contribution in [3.8, 4) is 0 Å². The molecule has 0 aliphatic rings. The second-order valence-electron chi connectivity index (χ2n) is 1.64. The van der Waals surface area contributed by atoms with Crippen LogP contribution in [-0.4, -0.2) is 18.7 Å². The van der Waals surface area contributed by atoms with Crippen molar-refractivity contribution in [2.24, 2.45) is 0 Å². The smallest absolute Gasteiger partial charge is 0.292 e. The lowest BCUT2D eigenvalue weighted by Crippen LogP contribution is -2.27. The van der Waals surface area contributed by atoms with Gasteiger partial charge in [0.05, 0.1) is 0 Å². The fourth-order valence-corrected chi connectivity index (χ4v) is 0.352. The molecule has 1 N–H and O–H groups in total. The Bertz CT molecular complexity index is 194. The average molecular weight is 139 g/mol. The molecule has 3 heteroatoms. The van der Waals surface area contributed by atoms with Crippen LogP contribution in [0.1, 0.15) is 0 Å². The number of hydrogen-bond donors (Lipinski definition) is 1. The highest BCUT2D eigenvalue weighted by Crippen LogP contribution is 1.91. The maximum atomic E-state index is 10.7. The van der Waals surface area contributed by atoms with E-state index in [1.54, 1.807) is 0 Å². The van der Waals surface area contributed by atoms with Crippen LogP contribution in [0.2, 0.25) is 0 Å². The monoisotopic (exact) mass is 139 g/mol. The van der Waals surface area contributed by atoms with Crippen LogP contribution in [0, 0.1) is 0 Å². The number of amides is 1. The molecule has 0 saturated carbocycles. The number of likely N-dealkylation sites (N-methyl/N-ethyl adjacent to an activating group) is 1. The summed E-state index contributed by atoms with van der Waals surface area (Å²) in [6.45, 7) is 6.61. The molecule has 0 aromatic carbocycles. The molecule has 0 atom stereocenters. The molecule has 0 aromatic heterocycles. The van der Waals surface area contributed by atoms with Gasteiger partial charge in [-0.1, -0.05) is 19.2 Å². The Kier molecular flexibility index (Phi) is 3.11. The normalized spacial score (nSPS) is 8.10. The van der Waals surface area contributed by atoms with E-state index < -0.39 is 11.7 Å². The van der Waals surface area contributed by atoms with E-state index in [9.17, 15) is 9.59 Å². The zero-order valence-electron chi connectivity index (χ0n) is 5.81. The van der Waals surface area contributed by atoms with E-state index in [4.69, 9.17) is 0 Å².